The van der Waals surface area contributed by atoms with Crippen LogP contribution in [0.2, 0.25) is 0 Å². The number of methoxy groups -OCH3 is 3. The lowest BCUT2D eigenvalue weighted by Crippen LogP contribution is -2.42. The summed E-state index contributed by atoms with van der Waals surface area (Å²) >= 11 is 0. The molecule has 0 aromatic heterocycles. The third kappa shape index (κ3) is 3.59. The summed E-state index contributed by atoms with van der Waals surface area (Å²) in [5.74, 6) is 2.39. The number of hydrogen-bond donors (Lipinski definition) is 0. The topological polar surface area (TPSA) is 48.0 Å². The fourth-order valence-corrected chi connectivity index (χ4v) is 3.85. The molecular formula is C22H27NO4. The van der Waals surface area contributed by atoms with Crippen LogP contribution in [-0.2, 0) is 6.42 Å². The number of nitrogens with zero attached hydrogens (tertiary/aromatic N) is 1. The molecule has 1 amide bonds. The van der Waals surface area contributed by atoms with Crippen molar-refractivity contribution in [3.63, 3.8) is 0 Å². The molecule has 1 aliphatic heterocycles. The molecule has 0 saturated heterocycles. The van der Waals surface area contributed by atoms with E-state index in [0.29, 0.717) is 23.6 Å². The van der Waals surface area contributed by atoms with Gasteiger partial charge in [-0.1, -0.05) is 19.9 Å². The largest absolute Gasteiger partial charge is 0.497 e. The Morgan fingerprint density at radius 1 is 1.04 bits per heavy atom. The molecule has 2 aromatic carbocycles. The first-order valence-corrected chi connectivity index (χ1v) is 9.20. The van der Waals surface area contributed by atoms with Gasteiger partial charge in [0.25, 0.3) is 5.91 Å². The van der Waals surface area contributed by atoms with E-state index < -0.39 is 0 Å². The van der Waals surface area contributed by atoms with Crippen molar-refractivity contribution >= 4 is 5.91 Å². The van der Waals surface area contributed by atoms with Gasteiger partial charge in [-0.05, 0) is 53.8 Å². The monoisotopic (exact) mass is 369 g/mol. The maximum absolute atomic E-state index is 13.3. The number of amides is 1. The van der Waals surface area contributed by atoms with Crippen LogP contribution in [0.25, 0.3) is 0 Å². The number of fused-ring (bicyclic) bond motifs is 1. The van der Waals surface area contributed by atoms with Gasteiger partial charge < -0.3 is 19.1 Å². The van der Waals surface area contributed by atoms with Crippen LogP contribution in [0.1, 0.15) is 41.4 Å². The summed E-state index contributed by atoms with van der Waals surface area (Å²) < 4.78 is 16.2. The molecule has 1 aliphatic rings. The highest BCUT2D eigenvalue weighted by Gasteiger charge is 2.34. The molecule has 0 bridgehead atoms. The molecule has 0 saturated carbocycles. The summed E-state index contributed by atoms with van der Waals surface area (Å²) in [6, 6.07) is 11.4. The molecule has 0 spiro atoms. The SMILES string of the molecule is COc1cccc(C(=O)N2CCc3cc(OC)c(OC)cc3[C@@H]2C(C)C)c1. The van der Waals surface area contributed by atoms with Crippen LogP contribution >= 0.6 is 0 Å². The van der Waals surface area contributed by atoms with E-state index in [1.165, 1.54) is 5.56 Å². The molecule has 2 aromatic rings. The zero-order valence-corrected chi connectivity index (χ0v) is 16.6. The quantitative estimate of drug-likeness (QED) is 0.796. The third-order valence-electron chi connectivity index (χ3n) is 5.13. The smallest absolute Gasteiger partial charge is 0.254 e. The Morgan fingerprint density at radius 2 is 1.74 bits per heavy atom. The van der Waals surface area contributed by atoms with Crippen molar-refractivity contribution in [2.75, 3.05) is 27.9 Å². The number of carbonyl (C=O) groups excluding carboxylic acids is 1. The molecule has 0 radical (unpaired) electrons. The maximum atomic E-state index is 13.3. The summed E-state index contributed by atoms with van der Waals surface area (Å²) in [7, 11) is 4.89. The second kappa shape index (κ2) is 7.91. The van der Waals surface area contributed by atoms with E-state index in [9.17, 15) is 4.79 Å². The number of ether oxygens (including phenoxy) is 3. The molecule has 3 rings (SSSR count). The zero-order chi connectivity index (χ0) is 19.6. The van der Waals surface area contributed by atoms with Gasteiger partial charge >= 0.3 is 0 Å². The number of rotatable bonds is 5. The molecule has 1 atom stereocenters. The fourth-order valence-electron chi connectivity index (χ4n) is 3.85. The van der Waals surface area contributed by atoms with Crippen molar-refractivity contribution in [3.05, 3.63) is 53.1 Å². The molecule has 0 unspecified atom stereocenters. The molecule has 144 valence electrons. The third-order valence-corrected chi connectivity index (χ3v) is 5.13. The van der Waals surface area contributed by atoms with E-state index in [2.05, 4.69) is 13.8 Å². The highest BCUT2D eigenvalue weighted by Crippen LogP contribution is 2.41. The first-order valence-electron chi connectivity index (χ1n) is 9.20. The highest BCUT2D eigenvalue weighted by atomic mass is 16.5. The van der Waals surface area contributed by atoms with Crippen LogP contribution in [0.5, 0.6) is 17.2 Å². The Labute approximate surface area is 160 Å². The fraction of sp³-hybridized carbons (Fsp3) is 0.409. The van der Waals surface area contributed by atoms with Crippen LogP contribution in [0.15, 0.2) is 36.4 Å². The van der Waals surface area contributed by atoms with Crippen LogP contribution < -0.4 is 14.2 Å². The lowest BCUT2D eigenvalue weighted by molar-refractivity contribution is 0.0602. The van der Waals surface area contributed by atoms with Gasteiger partial charge in [0.15, 0.2) is 11.5 Å². The minimum atomic E-state index is -0.0211. The van der Waals surface area contributed by atoms with Gasteiger partial charge in [0, 0.05) is 12.1 Å². The van der Waals surface area contributed by atoms with Gasteiger partial charge in [-0.3, -0.25) is 4.79 Å². The van der Waals surface area contributed by atoms with Crippen molar-refractivity contribution in [1.29, 1.82) is 0 Å². The molecule has 0 N–H and O–H groups in total. The zero-order valence-electron chi connectivity index (χ0n) is 16.6. The minimum Gasteiger partial charge on any atom is -0.497 e. The molecule has 5 heteroatoms. The second-order valence-electron chi connectivity index (χ2n) is 7.08. The lowest BCUT2D eigenvalue weighted by Gasteiger charge is -2.40. The van der Waals surface area contributed by atoms with E-state index in [0.717, 1.165) is 17.7 Å². The lowest BCUT2D eigenvalue weighted by atomic mass is 9.85. The molecular weight excluding hydrogens is 342 g/mol. The Morgan fingerprint density at radius 3 is 2.37 bits per heavy atom. The predicted molar refractivity (Wildman–Crippen MR) is 105 cm³/mol. The van der Waals surface area contributed by atoms with Crippen molar-refractivity contribution in [3.8, 4) is 17.2 Å². The van der Waals surface area contributed by atoms with Gasteiger partial charge in [-0.25, -0.2) is 0 Å². The number of benzene rings is 2. The molecule has 5 nitrogen and oxygen atoms in total. The summed E-state index contributed by atoms with van der Waals surface area (Å²) in [4.78, 5) is 15.3. The summed E-state index contributed by atoms with van der Waals surface area (Å²) in [6.07, 6.45) is 0.786. The van der Waals surface area contributed by atoms with Crippen LogP contribution in [-0.4, -0.2) is 38.7 Å². The Kier molecular flexibility index (Phi) is 5.59. The number of carbonyl (C=O) groups is 1. The Hall–Kier alpha value is -2.69. The van der Waals surface area contributed by atoms with E-state index in [1.54, 1.807) is 27.4 Å². The Bertz CT molecular complexity index is 831. The second-order valence-corrected chi connectivity index (χ2v) is 7.08. The van der Waals surface area contributed by atoms with Gasteiger partial charge in [0.1, 0.15) is 5.75 Å². The first kappa shape index (κ1) is 19.1. The average molecular weight is 369 g/mol. The summed E-state index contributed by atoms with van der Waals surface area (Å²) in [5.41, 5.74) is 2.98. The van der Waals surface area contributed by atoms with E-state index >= 15 is 0 Å². The van der Waals surface area contributed by atoms with E-state index in [4.69, 9.17) is 14.2 Å². The standard InChI is InChI=1S/C22H27NO4/c1-14(2)21-18-13-20(27-5)19(26-4)12-15(18)9-10-23(21)22(24)16-7-6-8-17(11-16)25-3/h6-8,11-14,21H,9-10H2,1-5H3/t21-/m0/s1. The normalized spacial score (nSPS) is 16.1. The maximum Gasteiger partial charge on any atom is 0.254 e. The number of hydrogen-bond acceptors (Lipinski definition) is 4. The predicted octanol–water partition coefficient (Wildman–Crippen LogP) is 4.11. The van der Waals surface area contributed by atoms with E-state index in [1.807, 2.05) is 35.2 Å². The van der Waals surface area contributed by atoms with Gasteiger partial charge in [-0.2, -0.15) is 0 Å². The summed E-state index contributed by atoms with van der Waals surface area (Å²) in [5, 5.41) is 0. The van der Waals surface area contributed by atoms with Crippen molar-refractivity contribution in [1.82, 2.24) is 4.90 Å². The molecule has 0 aliphatic carbocycles. The average Bonchev–Trinajstić information content (AvgIpc) is 2.70. The summed E-state index contributed by atoms with van der Waals surface area (Å²) in [6.45, 7) is 4.95. The van der Waals surface area contributed by atoms with Crippen LogP contribution in [0.4, 0.5) is 0 Å². The van der Waals surface area contributed by atoms with Crippen molar-refractivity contribution in [2.45, 2.75) is 26.3 Å². The molecule has 27 heavy (non-hydrogen) atoms. The van der Waals surface area contributed by atoms with Gasteiger partial charge in [0.2, 0.25) is 0 Å². The molecule has 1 heterocycles. The van der Waals surface area contributed by atoms with Crippen molar-refractivity contribution in [2.24, 2.45) is 5.92 Å². The van der Waals surface area contributed by atoms with Crippen molar-refractivity contribution < 1.29 is 19.0 Å². The van der Waals surface area contributed by atoms with E-state index in [-0.39, 0.29) is 17.9 Å². The first-order chi connectivity index (χ1) is 13.0. The molecule has 0 fully saturated rings. The van der Waals surface area contributed by atoms with Gasteiger partial charge in [0.05, 0.1) is 27.4 Å². The van der Waals surface area contributed by atoms with Crippen LogP contribution in [0.3, 0.4) is 0 Å². The Balaban J connectivity index is 2.02. The highest BCUT2D eigenvalue weighted by molar-refractivity contribution is 5.95. The minimum absolute atomic E-state index is 0.0211. The van der Waals surface area contributed by atoms with Crippen LogP contribution in [0, 0.1) is 5.92 Å². The van der Waals surface area contributed by atoms with Gasteiger partial charge in [-0.15, -0.1) is 0 Å².